The number of benzene rings is 1. The van der Waals surface area contributed by atoms with Crippen LogP contribution in [0.1, 0.15) is 43.0 Å². The van der Waals surface area contributed by atoms with Gasteiger partial charge in [-0.3, -0.25) is 4.68 Å². The smallest absolute Gasteiger partial charge is 0.317 e. The Morgan fingerprint density at radius 2 is 2.20 bits per heavy atom. The zero-order valence-electron chi connectivity index (χ0n) is 14.4. The van der Waals surface area contributed by atoms with E-state index in [0.717, 1.165) is 24.5 Å². The van der Waals surface area contributed by atoms with Gasteiger partial charge in [-0.25, -0.2) is 13.6 Å². The van der Waals surface area contributed by atoms with Crippen molar-refractivity contribution in [2.24, 2.45) is 0 Å². The summed E-state index contributed by atoms with van der Waals surface area (Å²) < 4.78 is 29.1. The van der Waals surface area contributed by atoms with E-state index in [4.69, 9.17) is 0 Å². The fourth-order valence-corrected chi connectivity index (χ4v) is 3.20. The van der Waals surface area contributed by atoms with E-state index < -0.39 is 17.7 Å². The summed E-state index contributed by atoms with van der Waals surface area (Å²) in [6.07, 6.45) is 5.60. The van der Waals surface area contributed by atoms with Gasteiger partial charge in [-0.1, -0.05) is 12.1 Å². The molecule has 2 amide bonds. The SMILES string of the molecule is Cc1cnn(C2CCCN(C(=O)NC(C)c3cccc(F)c3F)C2)c1. The molecule has 2 aromatic rings. The quantitative estimate of drug-likeness (QED) is 0.922. The number of amides is 2. The van der Waals surface area contributed by atoms with E-state index in [0.29, 0.717) is 13.1 Å². The van der Waals surface area contributed by atoms with Gasteiger partial charge in [-0.2, -0.15) is 5.10 Å². The number of halogens is 2. The van der Waals surface area contributed by atoms with Crippen LogP contribution < -0.4 is 5.32 Å². The Morgan fingerprint density at radius 3 is 2.92 bits per heavy atom. The molecular formula is C18H22F2N4O. The lowest BCUT2D eigenvalue weighted by molar-refractivity contribution is 0.160. The third-order valence-electron chi connectivity index (χ3n) is 4.58. The van der Waals surface area contributed by atoms with Crippen molar-refractivity contribution in [2.45, 2.75) is 38.8 Å². The first-order chi connectivity index (χ1) is 12.0. The Kier molecular flexibility index (Phi) is 5.01. The minimum atomic E-state index is -0.918. The van der Waals surface area contributed by atoms with Gasteiger partial charge in [0.05, 0.1) is 18.3 Å². The Morgan fingerprint density at radius 1 is 1.40 bits per heavy atom. The zero-order chi connectivity index (χ0) is 18.0. The second kappa shape index (κ2) is 7.21. The topological polar surface area (TPSA) is 50.2 Å². The lowest BCUT2D eigenvalue weighted by Crippen LogP contribution is -2.46. The molecule has 2 heterocycles. The number of hydrogen-bond acceptors (Lipinski definition) is 2. The molecule has 1 aromatic heterocycles. The second-order valence-electron chi connectivity index (χ2n) is 6.55. The number of hydrogen-bond donors (Lipinski definition) is 1. The highest BCUT2D eigenvalue weighted by Crippen LogP contribution is 2.23. The van der Waals surface area contributed by atoms with Gasteiger partial charge in [0.1, 0.15) is 0 Å². The van der Waals surface area contributed by atoms with Gasteiger partial charge in [0.25, 0.3) is 0 Å². The Labute approximate surface area is 145 Å². The molecule has 2 unspecified atom stereocenters. The lowest BCUT2D eigenvalue weighted by atomic mass is 10.1. The third kappa shape index (κ3) is 3.81. The van der Waals surface area contributed by atoms with Crippen molar-refractivity contribution < 1.29 is 13.6 Å². The van der Waals surface area contributed by atoms with E-state index in [2.05, 4.69) is 10.4 Å². The fraction of sp³-hybridized carbons (Fsp3) is 0.444. The summed E-state index contributed by atoms with van der Waals surface area (Å²) in [5.74, 6) is -1.83. The van der Waals surface area contributed by atoms with Gasteiger partial charge >= 0.3 is 6.03 Å². The number of carbonyl (C=O) groups is 1. The average Bonchev–Trinajstić information content (AvgIpc) is 3.04. The van der Waals surface area contributed by atoms with Crippen LogP contribution in [0.15, 0.2) is 30.6 Å². The van der Waals surface area contributed by atoms with E-state index in [1.807, 2.05) is 17.8 Å². The summed E-state index contributed by atoms with van der Waals surface area (Å²) in [5.41, 5.74) is 1.22. The summed E-state index contributed by atoms with van der Waals surface area (Å²) in [6, 6.07) is 3.23. The Balaban J connectivity index is 1.65. The molecule has 1 aliphatic heterocycles. The molecule has 1 aliphatic rings. The molecule has 1 N–H and O–H groups in total. The molecule has 1 saturated heterocycles. The van der Waals surface area contributed by atoms with Crippen LogP contribution in [0.25, 0.3) is 0 Å². The zero-order valence-corrected chi connectivity index (χ0v) is 14.4. The van der Waals surface area contributed by atoms with Crippen molar-refractivity contribution in [3.8, 4) is 0 Å². The number of urea groups is 1. The first-order valence-corrected chi connectivity index (χ1v) is 8.46. The van der Waals surface area contributed by atoms with Crippen LogP contribution in [-0.2, 0) is 0 Å². The van der Waals surface area contributed by atoms with Gasteiger partial charge in [0.15, 0.2) is 11.6 Å². The minimum absolute atomic E-state index is 0.134. The molecule has 2 atom stereocenters. The molecule has 1 fully saturated rings. The number of aryl methyl sites for hydroxylation is 1. The molecule has 0 aliphatic carbocycles. The number of rotatable bonds is 3. The highest BCUT2D eigenvalue weighted by atomic mass is 19.2. The molecule has 7 heteroatoms. The van der Waals surface area contributed by atoms with Crippen LogP contribution in [0.3, 0.4) is 0 Å². The van der Waals surface area contributed by atoms with Crippen LogP contribution in [0.4, 0.5) is 13.6 Å². The fourth-order valence-electron chi connectivity index (χ4n) is 3.20. The number of carbonyl (C=O) groups excluding carboxylic acids is 1. The molecule has 0 saturated carbocycles. The van der Waals surface area contributed by atoms with Crippen molar-refractivity contribution in [3.05, 3.63) is 53.4 Å². The minimum Gasteiger partial charge on any atom is -0.331 e. The molecular weight excluding hydrogens is 326 g/mol. The summed E-state index contributed by atoms with van der Waals surface area (Å²) in [4.78, 5) is 14.2. The Bertz CT molecular complexity index is 761. The predicted molar refractivity (Wildman–Crippen MR) is 90.1 cm³/mol. The van der Waals surface area contributed by atoms with Gasteiger partial charge in [0, 0.05) is 24.8 Å². The van der Waals surface area contributed by atoms with Crippen LogP contribution in [0, 0.1) is 18.6 Å². The van der Waals surface area contributed by atoms with Gasteiger partial charge in [-0.05, 0) is 38.3 Å². The number of nitrogens with one attached hydrogen (secondary N) is 1. The molecule has 134 valence electrons. The van der Waals surface area contributed by atoms with Crippen LogP contribution in [0.2, 0.25) is 0 Å². The molecule has 1 aromatic carbocycles. The highest BCUT2D eigenvalue weighted by molar-refractivity contribution is 5.74. The van der Waals surface area contributed by atoms with Gasteiger partial charge < -0.3 is 10.2 Å². The summed E-state index contributed by atoms with van der Waals surface area (Å²) >= 11 is 0. The molecule has 0 radical (unpaired) electrons. The maximum absolute atomic E-state index is 13.9. The lowest BCUT2D eigenvalue weighted by Gasteiger charge is -2.33. The van der Waals surface area contributed by atoms with Crippen molar-refractivity contribution >= 4 is 6.03 Å². The van der Waals surface area contributed by atoms with Crippen molar-refractivity contribution in [1.82, 2.24) is 20.0 Å². The van der Waals surface area contributed by atoms with E-state index in [-0.39, 0.29) is 17.6 Å². The maximum atomic E-state index is 13.9. The monoisotopic (exact) mass is 348 g/mol. The van der Waals surface area contributed by atoms with Crippen LogP contribution in [-0.4, -0.2) is 33.8 Å². The largest absolute Gasteiger partial charge is 0.331 e. The summed E-state index contributed by atoms with van der Waals surface area (Å²) in [6.45, 7) is 4.81. The maximum Gasteiger partial charge on any atom is 0.317 e. The van der Waals surface area contributed by atoms with Gasteiger partial charge in [-0.15, -0.1) is 0 Å². The van der Waals surface area contributed by atoms with Crippen molar-refractivity contribution in [2.75, 3.05) is 13.1 Å². The van der Waals surface area contributed by atoms with E-state index in [1.165, 1.54) is 12.1 Å². The number of piperidine rings is 1. The van der Waals surface area contributed by atoms with E-state index in [1.54, 1.807) is 18.0 Å². The first kappa shape index (κ1) is 17.4. The number of aromatic nitrogens is 2. The summed E-state index contributed by atoms with van der Waals surface area (Å²) in [7, 11) is 0. The van der Waals surface area contributed by atoms with Crippen LogP contribution >= 0.6 is 0 Å². The molecule has 3 rings (SSSR count). The first-order valence-electron chi connectivity index (χ1n) is 8.46. The molecule has 0 bridgehead atoms. The highest BCUT2D eigenvalue weighted by Gasteiger charge is 2.26. The van der Waals surface area contributed by atoms with Crippen molar-refractivity contribution in [3.63, 3.8) is 0 Å². The average molecular weight is 348 g/mol. The second-order valence-corrected chi connectivity index (χ2v) is 6.55. The molecule has 5 nitrogen and oxygen atoms in total. The molecule has 0 spiro atoms. The van der Waals surface area contributed by atoms with E-state index in [9.17, 15) is 13.6 Å². The normalized spacial score (nSPS) is 18.9. The number of likely N-dealkylation sites (tertiary alicyclic amines) is 1. The predicted octanol–water partition coefficient (Wildman–Crippen LogP) is 3.58. The van der Waals surface area contributed by atoms with Gasteiger partial charge in [0.2, 0.25) is 0 Å². The third-order valence-corrected chi connectivity index (χ3v) is 4.58. The summed E-state index contributed by atoms with van der Waals surface area (Å²) in [5, 5.41) is 7.09. The number of nitrogens with zero attached hydrogens (tertiary/aromatic N) is 3. The van der Waals surface area contributed by atoms with E-state index >= 15 is 0 Å². The Hall–Kier alpha value is -2.44. The van der Waals surface area contributed by atoms with Crippen LogP contribution in [0.5, 0.6) is 0 Å². The standard InChI is InChI=1S/C18H22F2N4O/c1-12-9-21-24(10-12)14-5-4-8-23(11-14)18(25)22-13(2)15-6-3-7-16(19)17(15)20/h3,6-7,9-10,13-14H,4-5,8,11H2,1-2H3,(H,22,25). The molecule has 25 heavy (non-hydrogen) atoms. The van der Waals surface area contributed by atoms with Crippen molar-refractivity contribution in [1.29, 1.82) is 0 Å².